The zero-order chi connectivity index (χ0) is 14.7. The van der Waals surface area contributed by atoms with Gasteiger partial charge in [0.05, 0.1) is 33.8 Å². The first-order chi connectivity index (χ1) is 9.52. The third kappa shape index (κ3) is 3.42. The van der Waals surface area contributed by atoms with Crippen LogP contribution in [0.15, 0.2) is 33.6 Å². The molecule has 0 radical (unpaired) electrons. The SMILES string of the molecule is CC(C)n1cncc1COc1c(Br)cc(CO)cc1Br. The molecule has 1 heterocycles. The summed E-state index contributed by atoms with van der Waals surface area (Å²) in [6.07, 6.45) is 3.62. The van der Waals surface area contributed by atoms with Crippen molar-refractivity contribution in [2.24, 2.45) is 0 Å². The third-order valence-electron chi connectivity index (χ3n) is 2.91. The van der Waals surface area contributed by atoms with E-state index in [-0.39, 0.29) is 6.61 Å². The van der Waals surface area contributed by atoms with Gasteiger partial charge in [-0.3, -0.25) is 0 Å². The van der Waals surface area contributed by atoms with E-state index in [0.29, 0.717) is 12.6 Å². The van der Waals surface area contributed by atoms with Crippen molar-refractivity contribution >= 4 is 31.9 Å². The Balaban J connectivity index is 2.17. The van der Waals surface area contributed by atoms with Gasteiger partial charge in [-0.1, -0.05) is 0 Å². The fraction of sp³-hybridized carbons (Fsp3) is 0.357. The van der Waals surface area contributed by atoms with Crippen LogP contribution in [0.25, 0.3) is 0 Å². The standard InChI is InChI=1S/C14H16Br2N2O2/c1-9(2)18-8-17-5-11(18)7-20-14-12(15)3-10(6-19)4-13(14)16/h3-5,8-9,19H,6-7H2,1-2H3. The molecule has 0 saturated heterocycles. The summed E-state index contributed by atoms with van der Waals surface area (Å²) < 4.78 is 9.56. The van der Waals surface area contributed by atoms with Gasteiger partial charge < -0.3 is 14.4 Å². The first-order valence-corrected chi connectivity index (χ1v) is 7.83. The second-order valence-electron chi connectivity index (χ2n) is 4.72. The third-order valence-corrected chi connectivity index (χ3v) is 4.09. The van der Waals surface area contributed by atoms with E-state index >= 15 is 0 Å². The molecule has 0 saturated carbocycles. The van der Waals surface area contributed by atoms with E-state index in [1.807, 2.05) is 24.7 Å². The van der Waals surface area contributed by atoms with Crippen LogP contribution < -0.4 is 4.74 Å². The van der Waals surface area contributed by atoms with Crippen molar-refractivity contribution in [1.29, 1.82) is 0 Å². The van der Waals surface area contributed by atoms with Crippen LogP contribution in [0.3, 0.4) is 0 Å². The van der Waals surface area contributed by atoms with E-state index < -0.39 is 0 Å². The number of benzene rings is 1. The van der Waals surface area contributed by atoms with Crippen molar-refractivity contribution < 1.29 is 9.84 Å². The molecule has 1 N–H and O–H groups in total. The molecule has 0 amide bonds. The fourth-order valence-electron chi connectivity index (χ4n) is 1.90. The van der Waals surface area contributed by atoms with E-state index in [0.717, 1.165) is 26.0 Å². The minimum absolute atomic E-state index is 0.00238. The summed E-state index contributed by atoms with van der Waals surface area (Å²) in [6.45, 7) is 4.64. The molecule has 2 rings (SSSR count). The van der Waals surface area contributed by atoms with E-state index in [1.165, 1.54) is 0 Å². The zero-order valence-electron chi connectivity index (χ0n) is 11.3. The molecule has 0 unspecified atom stereocenters. The van der Waals surface area contributed by atoms with Crippen molar-refractivity contribution in [2.45, 2.75) is 33.1 Å². The van der Waals surface area contributed by atoms with Crippen LogP contribution in [0.2, 0.25) is 0 Å². The fourth-order valence-corrected chi connectivity index (χ4v) is 3.41. The van der Waals surface area contributed by atoms with Crippen LogP contribution in [-0.4, -0.2) is 14.7 Å². The molecule has 108 valence electrons. The lowest BCUT2D eigenvalue weighted by molar-refractivity contribution is 0.278. The first-order valence-electron chi connectivity index (χ1n) is 6.25. The number of aliphatic hydroxyl groups is 1. The molecule has 0 fully saturated rings. The summed E-state index contributed by atoms with van der Waals surface area (Å²) in [6, 6.07) is 4.04. The van der Waals surface area contributed by atoms with Gasteiger partial charge in [0, 0.05) is 6.04 Å². The van der Waals surface area contributed by atoms with Crippen molar-refractivity contribution in [1.82, 2.24) is 9.55 Å². The molecule has 0 spiro atoms. The molecular weight excluding hydrogens is 388 g/mol. The molecule has 1 aromatic carbocycles. The minimum Gasteiger partial charge on any atom is -0.485 e. The number of hydrogen-bond donors (Lipinski definition) is 1. The molecule has 1 aromatic heterocycles. The van der Waals surface area contributed by atoms with Crippen LogP contribution in [-0.2, 0) is 13.2 Å². The van der Waals surface area contributed by atoms with Gasteiger partial charge in [-0.25, -0.2) is 4.98 Å². The first kappa shape index (κ1) is 15.5. The normalized spacial score (nSPS) is 11.1. The second kappa shape index (κ2) is 6.74. The number of imidazole rings is 1. The maximum atomic E-state index is 9.16. The monoisotopic (exact) mass is 402 g/mol. The number of aromatic nitrogens is 2. The van der Waals surface area contributed by atoms with Gasteiger partial charge in [0.1, 0.15) is 12.4 Å². The van der Waals surface area contributed by atoms with Crippen molar-refractivity contribution in [3.63, 3.8) is 0 Å². The van der Waals surface area contributed by atoms with Gasteiger partial charge in [0.15, 0.2) is 0 Å². The van der Waals surface area contributed by atoms with Crippen molar-refractivity contribution in [3.05, 3.63) is 44.9 Å². The van der Waals surface area contributed by atoms with Gasteiger partial charge in [-0.2, -0.15) is 0 Å². The minimum atomic E-state index is -0.00238. The molecular formula is C14H16Br2N2O2. The highest BCUT2D eigenvalue weighted by molar-refractivity contribution is 9.11. The van der Waals surface area contributed by atoms with Gasteiger partial charge in [0.2, 0.25) is 0 Å². The highest BCUT2D eigenvalue weighted by Crippen LogP contribution is 2.35. The van der Waals surface area contributed by atoms with Crippen LogP contribution in [0.1, 0.15) is 31.1 Å². The maximum Gasteiger partial charge on any atom is 0.148 e. The van der Waals surface area contributed by atoms with Crippen molar-refractivity contribution in [2.75, 3.05) is 0 Å². The van der Waals surface area contributed by atoms with Gasteiger partial charge in [0.25, 0.3) is 0 Å². The molecule has 0 aliphatic rings. The number of hydrogen-bond acceptors (Lipinski definition) is 3. The summed E-state index contributed by atoms with van der Waals surface area (Å²) in [5, 5.41) is 9.16. The van der Waals surface area contributed by atoms with E-state index in [4.69, 9.17) is 9.84 Å². The average molecular weight is 404 g/mol. The molecule has 0 atom stereocenters. The largest absolute Gasteiger partial charge is 0.485 e. The lowest BCUT2D eigenvalue weighted by Gasteiger charge is -2.14. The number of rotatable bonds is 5. The summed E-state index contributed by atoms with van der Waals surface area (Å²) in [4.78, 5) is 4.15. The predicted octanol–water partition coefficient (Wildman–Crippen LogP) is 4.06. The topological polar surface area (TPSA) is 47.3 Å². The van der Waals surface area contributed by atoms with Gasteiger partial charge in [-0.15, -0.1) is 0 Å². The highest BCUT2D eigenvalue weighted by Gasteiger charge is 2.11. The summed E-state index contributed by atoms with van der Waals surface area (Å²) >= 11 is 6.92. The summed E-state index contributed by atoms with van der Waals surface area (Å²) in [7, 11) is 0. The molecule has 4 nitrogen and oxygen atoms in total. The Morgan fingerprint density at radius 2 is 1.95 bits per heavy atom. The van der Waals surface area contributed by atoms with E-state index in [1.54, 1.807) is 0 Å². The average Bonchev–Trinajstić information content (AvgIpc) is 2.86. The van der Waals surface area contributed by atoms with E-state index in [2.05, 4.69) is 55.3 Å². The predicted molar refractivity (Wildman–Crippen MR) is 84.7 cm³/mol. The Morgan fingerprint density at radius 3 is 2.50 bits per heavy atom. The maximum absolute atomic E-state index is 9.16. The van der Waals surface area contributed by atoms with Gasteiger partial charge >= 0.3 is 0 Å². The Morgan fingerprint density at radius 1 is 1.30 bits per heavy atom. The Bertz CT molecular complexity index is 574. The summed E-state index contributed by atoms with van der Waals surface area (Å²) in [5.74, 6) is 0.721. The van der Waals surface area contributed by atoms with Crippen LogP contribution in [0.4, 0.5) is 0 Å². The van der Waals surface area contributed by atoms with Gasteiger partial charge in [-0.05, 0) is 63.4 Å². The molecule has 6 heteroatoms. The Hall–Kier alpha value is -0.850. The zero-order valence-corrected chi connectivity index (χ0v) is 14.5. The van der Waals surface area contributed by atoms with Crippen LogP contribution in [0, 0.1) is 0 Å². The smallest absolute Gasteiger partial charge is 0.148 e. The molecule has 0 aliphatic heterocycles. The second-order valence-corrected chi connectivity index (χ2v) is 6.43. The highest BCUT2D eigenvalue weighted by atomic mass is 79.9. The van der Waals surface area contributed by atoms with E-state index in [9.17, 15) is 0 Å². The Kier molecular flexibility index (Phi) is 5.23. The quantitative estimate of drug-likeness (QED) is 0.818. The molecule has 2 aromatic rings. The lowest BCUT2D eigenvalue weighted by Crippen LogP contribution is -2.07. The molecule has 20 heavy (non-hydrogen) atoms. The van der Waals surface area contributed by atoms with Crippen molar-refractivity contribution in [3.8, 4) is 5.75 Å². The lowest BCUT2D eigenvalue weighted by atomic mass is 10.2. The number of nitrogens with zero attached hydrogens (tertiary/aromatic N) is 2. The number of ether oxygens (including phenoxy) is 1. The van der Waals surface area contributed by atoms with Crippen LogP contribution >= 0.6 is 31.9 Å². The molecule has 0 bridgehead atoms. The number of aliphatic hydroxyl groups excluding tert-OH is 1. The van der Waals surface area contributed by atoms with Crippen LogP contribution in [0.5, 0.6) is 5.75 Å². The summed E-state index contributed by atoms with van der Waals surface area (Å²) in [5.41, 5.74) is 1.84. The number of halogens is 2. The Labute approximate surface area is 135 Å². The molecule has 0 aliphatic carbocycles.